The maximum Gasteiger partial charge on any atom is 0.490 e. The van der Waals surface area contributed by atoms with Gasteiger partial charge in [-0.1, -0.05) is 0 Å². The first-order chi connectivity index (χ1) is 11.2. The van der Waals surface area contributed by atoms with Gasteiger partial charge in [0, 0.05) is 0 Å². The minimum absolute atomic E-state index is 1.38. The van der Waals surface area contributed by atoms with Gasteiger partial charge in [0.1, 0.15) is 0 Å². The standard InChI is InChI=1S/C4H9.3C2HF3O2.Sn.H/c1-3-4-2;3*3-2(4,5)1(6)7;;/h1,3-4H2,2H3;3*(H,6,7);;. The van der Waals surface area contributed by atoms with Gasteiger partial charge in [-0.3, -0.25) is 0 Å². The molecule has 0 spiro atoms. The predicted octanol–water partition coefficient (Wildman–Crippen LogP) is 3.01. The summed E-state index contributed by atoms with van der Waals surface area (Å²) in [5.41, 5.74) is 0. The molecule has 0 aromatic rings. The molecule has 0 aliphatic rings. The normalized spacial score (nSPS) is 10.7. The quantitative estimate of drug-likeness (QED) is 0.383. The third-order valence-electron chi connectivity index (χ3n) is 1.29. The van der Waals surface area contributed by atoms with E-state index in [1.165, 1.54) is 39.8 Å². The van der Waals surface area contributed by atoms with Crippen LogP contribution in [0.4, 0.5) is 39.5 Å². The Balaban J connectivity index is -0.000000125. The third kappa shape index (κ3) is 30.5. The summed E-state index contributed by atoms with van der Waals surface area (Å²) in [4.78, 5) is 26.7. The van der Waals surface area contributed by atoms with Crippen molar-refractivity contribution in [2.75, 3.05) is 0 Å². The Bertz CT molecular complexity index is 358. The second-order valence-electron chi connectivity index (χ2n) is 3.55. The van der Waals surface area contributed by atoms with Crippen LogP contribution in [0.25, 0.3) is 0 Å². The zero-order chi connectivity index (χ0) is 22.4. The summed E-state index contributed by atoms with van der Waals surface area (Å²) in [7, 11) is 0. The molecule has 0 rings (SSSR count). The first kappa shape index (κ1) is 32.3. The average molecular weight is 519 g/mol. The Morgan fingerprint density at radius 2 is 0.846 bits per heavy atom. The molecule has 0 saturated carbocycles. The van der Waals surface area contributed by atoms with E-state index in [1.807, 2.05) is 0 Å². The summed E-state index contributed by atoms with van der Waals surface area (Å²) in [6, 6.07) is 0. The summed E-state index contributed by atoms with van der Waals surface area (Å²) in [5.74, 6) is -8.27. The van der Waals surface area contributed by atoms with Crippen molar-refractivity contribution < 1.29 is 69.2 Å². The van der Waals surface area contributed by atoms with Crippen LogP contribution in [0.5, 0.6) is 0 Å². The van der Waals surface area contributed by atoms with Gasteiger partial charge in [0.2, 0.25) is 0 Å². The number of carboxylic acids is 3. The zero-order valence-corrected chi connectivity index (χ0v) is 16.0. The first-order valence-electron chi connectivity index (χ1n) is 5.85. The fourth-order valence-electron chi connectivity index (χ4n) is 0.204. The summed E-state index contributed by atoms with van der Waals surface area (Å²) in [5, 5.41) is 21.4. The van der Waals surface area contributed by atoms with Crippen LogP contribution in [0.3, 0.4) is 0 Å². The molecule has 16 heteroatoms. The number of hydrogen-bond donors (Lipinski definition) is 3. The Labute approximate surface area is 153 Å². The molecule has 0 amide bonds. The monoisotopic (exact) mass is 520 g/mol. The van der Waals surface area contributed by atoms with E-state index < -0.39 is 36.4 Å². The molecular weight excluding hydrogens is 506 g/mol. The molecule has 0 saturated heterocycles. The number of rotatable bonds is 2. The molecule has 0 aliphatic heterocycles. The number of unbranched alkanes of at least 4 members (excludes halogenated alkanes) is 1. The van der Waals surface area contributed by atoms with Gasteiger partial charge in [0.25, 0.3) is 0 Å². The van der Waals surface area contributed by atoms with E-state index in [9.17, 15) is 39.5 Å². The molecular formula is C10H13F9O6Sn. The van der Waals surface area contributed by atoms with Crippen LogP contribution in [0.1, 0.15) is 19.8 Å². The molecule has 3 N–H and O–H groups in total. The van der Waals surface area contributed by atoms with Crippen molar-refractivity contribution in [1.82, 2.24) is 0 Å². The molecule has 0 bridgehead atoms. The minimum Gasteiger partial charge on any atom is -0.475 e. The first-order valence-corrected chi connectivity index (χ1v) is 8.18. The van der Waals surface area contributed by atoms with E-state index in [-0.39, 0.29) is 0 Å². The maximum atomic E-state index is 10.6. The molecule has 26 heavy (non-hydrogen) atoms. The van der Waals surface area contributed by atoms with Gasteiger partial charge in [-0.25, -0.2) is 14.4 Å². The fourth-order valence-corrected chi connectivity index (χ4v) is 1.37. The number of hydrogen-bond acceptors (Lipinski definition) is 3. The maximum absolute atomic E-state index is 10.6. The number of aliphatic carboxylic acids is 3. The second-order valence-corrected chi connectivity index (χ2v) is 5.20. The van der Waals surface area contributed by atoms with E-state index in [0.29, 0.717) is 0 Å². The Morgan fingerprint density at radius 1 is 0.692 bits per heavy atom. The van der Waals surface area contributed by atoms with E-state index in [1.54, 1.807) is 0 Å². The van der Waals surface area contributed by atoms with Gasteiger partial charge in [0.15, 0.2) is 0 Å². The van der Waals surface area contributed by atoms with Crippen molar-refractivity contribution in [2.45, 2.75) is 42.7 Å². The third-order valence-corrected chi connectivity index (χ3v) is 2.45. The SMILES string of the molecule is CCC[CH2][SnH].O=C(O)C(F)(F)F.O=C(O)C(F)(F)F.O=C(O)C(F)(F)F. The molecule has 0 aromatic heterocycles. The van der Waals surface area contributed by atoms with Gasteiger partial charge < -0.3 is 15.3 Å². The topological polar surface area (TPSA) is 112 Å². The Hall–Kier alpha value is -1.42. The number of carboxylic acid groups (broad SMARTS) is 3. The van der Waals surface area contributed by atoms with Crippen molar-refractivity contribution >= 4 is 40.4 Å². The van der Waals surface area contributed by atoms with Gasteiger partial charge in [0.05, 0.1) is 0 Å². The van der Waals surface area contributed by atoms with Crippen LogP contribution in [-0.2, 0) is 14.4 Å². The number of halogens is 9. The minimum atomic E-state index is -5.08. The van der Waals surface area contributed by atoms with E-state index in [0.717, 1.165) is 0 Å². The smallest absolute Gasteiger partial charge is 0.475 e. The van der Waals surface area contributed by atoms with Crippen LogP contribution in [0, 0.1) is 0 Å². The summed E-state index contributed by atoms with van der Waals surface area (Å²) >= 11 is 1.45. The van der Waals surface area contributed by atoms with Gasteiger partial charge in [-0.05, 0) is 0 Å². The van der Waals surface area contributed by atoms with E-state index in [4.69, 9.17) is 29.7 Å². The number of carbonyl (C=O) groups is 3. The molecule has 2 radical (unpaired) electrons. The zero-order valence-electron chi connectivity index (χ0n) is 12.7. The van der Waals surface area contributed by atoms with Gasteiger partial charge >= 0.3 is 83.2 Å². The van der Waals surface area contributed by atoms with Crippen molar-refractivity contribution in [3.8, 4) is 0 Å². The van der Waals surface area contributed by atoms with Crippen molar-refractivity contribution in [3.63, 3.8) is 0 Å². The van der Waals surface area contributed by atoms with Gasteiger partial charge in [-0.15, -0.1) is 0 Å². The molecule has 0 atom stereocenters. The molecule has 156 valence electrons. The average Bonchev–Trinajstić information content (AvgIpc) is 2.38. The summed E-state index contributed by atoms with van der Waals surface area (Å²) in [6.45, 7) is 2.23. The largest absolute Gasteiger partial charge is 0.490 e. The molecule has 0 aliphatic carbocycles. The van der Waals surface area contributed by atoms with Crippen LogP contribution in [0.15, 0.2) is 0 Å². The predicted molar refractivity (Wildman–Crippen MR) is 67.9 cm³/mol. The van der Waals surface area contributed by atoms with Gasteiger partial charge in [-0.2, -0.15) is 39.5 Å². The van der Waals surface area contributed by atoms with Crippen LogP contribution in [-0.4, -0.2) is 74.3 Å². The van der Waals surface area contributed by atoms with Crippen molar-refractivity contribution in [2.24, 2.45) is 0 Å². The van der Waals surface area contributed by atoms with E-state index >= 15 is 0 Å². The number of alkyl halides is 9. The molecule has 0 unspecified atom stereocenters. The molecule has 0 fully saturated rings. The molecule has 0 aromatic carbocycles. The summed E-state index contributed by atoms with van der Waals surface area (Å²) < 4.78 is 96.7. The Morgan fingerprint density at radius 3 is 0.846 bits per heavy atom. The molecule has 0 heterocycles. The summed E-state index contributed by atoms with van der Waals surface area (Å²) in [6.07, 6.45) is -12.4. The fraction of sp³-hybridized carbons (Fsp3) is 0.700. The molecule has 6 nitrogen and oxygen atoms in total. The van der Waals surface area contributed by atoms with Crippen LogP contribution in [0.2, 0.25) is 4.44 Å². The van der Waals surface area contributed by atoms with Crippen LogP contribution >= 0.6 is 0 Å². The Kier molecular flexibility index (Phi) is 18.3. The van der Waals surface area contributed by atoms with Crippen molar-refractivity contribution in [1.29, 1.82) is 0 Å². The second kappa shape index (κ2) is 14.7. The van der Waals surface area contributed by atoms with E-state index in [2.05, 4.69) is 6.92 Å². The van der Waals surface area contributed by atoms with Crippen molar-refractivity contribution in [3.05, 3.63) is 0 Å². The van der Waals surface area contributed by atoms with Crippen LogP contribution < -0.4 is 0 Å².